The Morgan fingerprint density at radius 1 is 0.667 bits per heavy atom. The zero-order chi connectivity index (χ0) is 30.2. The van der Waals surface area contributed by atoms with E-state index in [1.165, 1.54) is 0 Å². The molecule has 8 heteroatoms. The molecule has 0 fully saturated rings. The first-order valence-corrected chi connectivity index (χ1v) is 14.2. The van der Waals surface area contributed by atoms with Crippen molar-refractivity contribution in [2.45, 2.75) is 46.0 Å². The lowest BCUT2D eigenvalue weighted by atomic mass is 10.1. The molecule has 0 bridgehead atoms. The van der Waals surface area contributed by atoms with Crippen LogP contribution in [0, 0.1) is 5.92 Å². The lowest BCUT2D eigenvalue weighted by Crippen LogP contribution is -2.10. The second kappa shape index (κ2) is 17.3. The van der Waals surface area contributed by atoms with E-state index in [9.17, 15) is 14.4 Å². The van der Waals surface area contributed by atoms with Crippen LogP contribution >= 0.6 is 0 Å². The molecule has 0 aliphatic heterocycles. The molecule has 1 unspecified atom stereocenters. The van der Waals surface area contributed by atoms with Crippen LogP contribution in [-0.2, 0) is 9.53 Å². The van der Waals surface area contributed by atoms with Gasteiger partial charge in [0.05, 0.1) is 30.9 Å². The van der Waals surface area contributed by atoms with Crippen molar-refractivity contribution < 1.29 is 38.1 Å². The van der Waals surface area contributed by atoms with E-state index >= 15 is 0 Å². The molecule has 0 spiro atoms. The van der Waals surface area contributed by atoms with Gasteiger partial charge < -0.3 is 23.7 Å². The summed E-state index contributed by atoms with van der Waals surface area (Å²) in [5, 5.41) is 0. The number of carbonyl (C=O) groups is 3. The highest BCUT2D eigenvalue weighted by molar-refractivity contribution is 5.92. The minimum Gasteiger partial charge on any atom is -0.494 e. The zero-order valence-electron chi connectivity index (χ0n) is 24.2. The third-order valence-electron chi connectivity index (χ3n) is 6.37. The Morgan fingerprint density at radius 2 is 1.12 bits per heavy atom. The monoisotopic (exact) mass is 574 g/mol. The maximum atomic E-state index is 12.6. The second-order valence-electron chi connectivity index (χ2n) is 9.76. The number of hydrogen-bond acceptors (Lipinski definition) is 8. The smallest absolute Gasteiger partial charge is 0.343 e. The first kappa shape index (κ1) is 31.9. The second-order valence-corrected chi connectivity index (χ2v) is 9.76. The summed E-state index contributed by atoms with van der Waals surface area (Å²) in [6, 6.07) is 19.8. The Hall–Kier alpha value is -4.59. The van der Waals surface area contributed by atoms with Crippen LogP contribution in [0.2, 0.25) is 0 Å². The van der Waals surface area contributed by atoms with Gasteiger partial charge in [-0.25, -0.2) is 14.4 Å². The van der Waals surface area contributed by atoms with Crippen molar-refractivity contribution >= 4 is 17.9 Å². The lowest BCUT2D eigenvalue weighted by molar-refractivity contribution is -0.137. The van der Waals surface area contributed by atoms with Crippen molar-refractivity contribution in [3.63, 3.8) is 0 Å². The number of hydrogen-bond donors (Lipinski definition) is 0. The average molecular weight is 575 g/mol. The molecule has 8 nitrogen and oxygen atoms in total. The SMILES string of the molecule is C=CC(=O)OCCCCCCOc1ccc(C(=O)Oc2ccc(OC(=O)c3ccc(OCC(C)CC)cc3)cc2)cc1. The van der Waals surface area contributed by atoms with Crippen LogP contribution in [0.15, 0.2) is 85.5 Å². The molecular formula is C34H38O8. The fourth-order valence-electron chi connectivity index (χ4n) is 3.62. The van der Waals surface area contributed by atoms with Gasteiger partial charge in [0.2, 0.25) is 0 Å². The summed E-state index contributed by atoms with van der Waals surface area (Å²) in [7, 11) is 0. The van der Waals surface area contributed by atoms with E-state index in [0.717, 1.165) is 38.2 Å². The molecule has 0 heterocycles. The van der Waals surface area contributed by atoms with Gasteiger partial charge in [0.15, 0.2) is 0 Å². The molecule has 0 amide bonds. The minimum absolute atomic E-state index is 0.321. The predicted octanol–water partition coefficient (Wildman–Crippen LogP) is 7.22. The number of rotatable bonds is 17. The normalized spacial score (nSPS) is 11.2. The zero-order valence-corrected chi connectivity index (χ0v) is 24.2. The fourth-order valence-corrected chi connectivity index (χ4v) is 3.62. The van der Waals surface area contributed by atoms with Crippen LogP contribution in [0.5, 0.6) is 23.0 Å². The third-order valence-corrected chi connectivity index (χ3v) is 6.37. The van der Waals surface area contributed by atoms with Crippen LogP contribution < -0.4 is 18.9 Å². The maximum Gasteiger partial charge on any atom is 0.343 e. The van der Waals surface area contributed by atoms with Gasteiger partial charge in [0.25, 0.3) is 0 Å². The van der Waals surface area contributed by atoms with Crippen molar-refractivity contribution in [2.24, 2.45) is 5.92 Å². The summed E-state index contributed by atoms with van der Waals surface area (Å²) in [5.41, 5.74) is 0.779. The topological polar surface area (TPSA) is 97.4 Å². The Morgan fingerprint density at radius 3 is 1.60 bits per heavy atom. The molecule has 0 saturated carbocycles. The molecule has 222 valence electrons. The number of benzene rings is 3. The third kappa shape index (κ3) is 11.1. The van der Waals surface area contributed by atoms with Crippen LogP contribution in [-0.4, -0.2) is 37.7 Å². The molecule has 0 radical (unpaired) electrons. The number of ether oxygens (including phenoxy) is 5. The lowest BCUT2D eigenvalue weighted by Gasteiger charge is -2.11. The van der Waals surface area contributed by atoms with Crippen molar-refractivity contribution in [1.82, 2.24) is 0 Å². The van der Waals surface area contributed by atoms with Crippen LogP contribution in [0.4, 0.5) is 0 Å². The van der Waals surface area contributed by atoms with E-state index in [1.54, 1.807) is 72.8 Å². The van der Waals surface area contributed by atoms with Gasteiger partial charge in [-0.3, -0.25) is 0 Å². The summed E-state index contributed by atoms with van der Waals surface area (Å²) in [6.45, 7) is 9.15. The molecule has 0 aromatic heterocycles. The van der Waals surface area contributed by atoms with E-state index < -0.39 is 17.9 Å². The van der Waals surface area contributed by atoms with Gasteiger partial charge >= 0.3 is 17.9 Å². The van der Waals surface area contributed by atoms with Gasteiger partial charge in [0, 0.05) is 6.08 Å². The summed E-state index contributed by atoms with van der Waals surface area (Å²) in [6.07, 6.45) is 5.75. The molecule has 3 rings (SSSR count). The van der Waals surface area contributed by atoms with Gasteiger partial charge in [0.1, 0.15) is 23.0 Å². The number of carbonyl (C=O) groups excluding carboxylic acids is 3. The van der Waals surface area contributed by atoms with E-state index in [4.69, 9.17) is 23.7 Å². The van der Waals surface area contributed by atoms with Gasteiger partial charge in [-0.2, -0.15) is 0 Å². The van der Waals surface area contributed by atoms with E-state index in [2.05, 4.69) is 20.4 Å². The van der Waals surface area contributed by atoms with Gasteiger partial charge in [-0.1, -0.05) is 26.8 Å². The molecule has 3 aromatic carbocycles. The highest BCUT2D eigenvalue weighted by atomic mass is 16.5. The van der Waals surface area contributed by atoms with Gasteiger partial charge in [-0.05, 0) is 104 Å². The summed E-state index contributed by atoms with van der Waals surface area (Å²) in [4.78, 5) is 36.0. The number of unbranched alkanes of at least 4 members (excludes halogenated alkanes) is 3. The van der Waals surface area contributed by atoms with E-state index in [0.29, 0.717) is 59.9 Å². The quantitative estimate of drug-likeness (QED) is 0.0722. The summed E-state index contributed by atoms with van der Waals surface area (Å²) < 4.78 is 27.3. The maximum absolute atomic E-state index is 12.6. The molecule has 0 aliphatic rings. The Bertz CT molecular complexity index is 1280. The average Bonchev–Trinajstić information content (AvgIpc) is 3.02. The van der Waals surface area contributed by atoms with Crippen LogP contribution in [0.3, 0.4) is 0 Å². The highest BCUT2D eigenvalue weighted by Gasteiger charge is 2.12. The first-order chi connectivity index (χ1) is 20.4. The van der Waals surface area contributed by atoms with Gasteiger partial charge in [-0.15, -0.1) is 0 Å². The Balaban J connectivity index is 1.38. The largest absolute Gasteiger partial charge is 0.494 e. The molecule has 1 atom stereocenters. The Kier molecular flexibility index (Phi) is 13.1. The Labute approximate surface area is 247 Å². The van der Waals surface area contributed by atoms with Crippen molar-refractivity contribution in [1.29, 1.82) is 0 Å². The van der Waals surface area contributed by atoms with Crippen molar-refractivity contribution in [2.75, 3.05) is 19.8 Å². The molecule has 0 saturated heterocycles. The van der Waals surface area contributed by atoms with E-state index in [1.807, 2.05) is 0 Å². The summed E-state index contributed by atoms with van der Waals surface area (Å²) in [5.74, 6) is 1.06. The molecule has 42 heavy (non-hydrogen) atoms. The molecule has 0 aliphatic carbocycles. The van der Waals surface area contributed by atoms with Crippen molar-refractivity contribution in [3.05, 3.63) is 96.6 Å². The van der Waals surface area contributed by atoms with Crippen LogP contribution in [0.25, 0.3) is 0 Å². The predicted molar refractivity (Wildman–Crippen MR) is 159 cm³/mol. The molecular weight excluding hydrogens is 536 g/mol. The number of esters is 3. The highest BCUT2D eigenvalue weighted by Crippen LogP contribution is 2.22. The van der Waals surface area contributed by atoms with Crippen LogP contribution in [0.1, 0.15) is 66.7 Å². The molecule has 3 aromatic rings. The minimum atomic E-state index is -0.515. The van der Waals surface area contributed by atoms with Crippen molar-refractivity contribution in [3.8, 4) is 23.0 Å². The molecule has 0 N–H and O–H groups in total. The first-order valence-electron chi connectivity index (χ1n) is 14.2. The van der Waals surface area contributed by atoms with E-state index in [-0.39, 0.29) is 0 Å². The summed E-state index contributed by atoms with van der Waals surface area (Å²) >= 11 is 0. The fraction of sp³-hybridized carbons (Fsp3) is 0.324. The standard InChI is InChI=1S/C34H38O8/c1-4-25(3)24-40-29-16-12-27(13-17-29)34(37)42-31-20-18-30(19-21-31)41-33(36)26-10-14-28(15-11-26)38-22-8-6-7-9-23-39-32(35)5-2/h5,10-21,25H,2,4,6-9,22-24H2,1,3H3.